The van der Waals surface area contributed by atoms with Crippen LogP contribution in [-0.4, -0.2) is 14.6 Å². The summed E-state index contributed by atoms with van der Waals surface area (Å²) < 4.78 is 1.68. The highest BCUT2D eigenvalue weighted by Crippen LogP contribution is 2.26. The molecule has 18 heavy (non-hydrogen) atoms. The molecule has 0 atom stereocenters. The zero-order chi connectivity index (χ0) is 12.5. The maximum atomic E-state index is 6.06. The summed E-state index contributed by atoms with van der Waals surface area (Å²) in [5.74, 6) is 0.480. The van der Waals surface area contributed by atoms with Crippen LogP contribution >= 0.6 is 11.6 Å². The number of halogens is 1. The minimum absolute atomic E-state index is 0.480. The van der Waals surface area contributed by atoms with Crippen molar-refractivity contribution in [3.8, 4) is 0 Å². The Morgan fingerprint density at radius 1 is 1.22 bits per heavy atom. The first-order chi connectivity index (χ1) is 8.72. The molecule has 0 bridgehead atoms. The van der Waals surface area contributed by atoms with Gasteiger partial charge in [-0.25, -0.2) is 4.52 Å². The molecule has 3 aromatic rings. The van der Waals surface area contributed by atoms with E-state index in [0.29, 0.717) is 22.3 Å². The number of hydrogen-bond donors (Lipinski definition) is 2. The van der Waals surface area contributed by atoms with Gasteiger partial charge in [0.15, 0.2) is 5.65 Å². The van der Waals surface area contributed by atoms with Crippen LogP contribution in [0.3, 0.4) is 0 Å². The Hall–Kier alpha value is -2.27. The monoisotopic (exact) mass is 259 g/mol. The fraction of sp³-hybridized carbons (Fsp3) is 0. The van der Waals surface area contributed by atoms with Gasteiger partial charge in [-0.1, -0.05) is 17.7 Å². The van der Waals surface area contributed by atoms with E-state index in [9.17, 15) is 0 Å². The number of anilines is 3. The summed E-state index contributed by atoms with van der Waals surface area (Å²) in [6.45, 7) is 0. The molecule has 0 unspecified atom stereocenters. The molecular formula is C12H10ClN5. The predicted molar refractivity (Wildman–Crippen MR) is 72.1 cm³/mol. The molecule has 0 amide bonds. The van der Waals surface area contributed by atoms with Crippen LogP contribution in [0.4, 0.5) is 17.3 Å². The molecule has 0 aliphatic heterocycles. The molecule has 6 heteroatoms. The van der Waals surface area contributed by atoms with Crippen molar-refractivity contribution in [1.29, 1.82) is 0 Å². The Balaban J connectivity index is 1.98. The lowest BCUT2D eigenvalue weighted by molar-refractivity contribution is 0.965. The Kier molecular flexibility index (Phi) is 2.53. The van der Waals surface area contributed by atoms with E-state index in [-0.39, 0.29) is 0 Å². The SMILES string of the molecule is Nc1ccc(Cl)c(Nc2nc3ccccn3n2)c1. The van der Waals surface area contributed by atoms with Gasteiger partial charge < -0.3 is 11.1 Å². The van der Waals surface area contributed by atoms with Crippen molar-refractivity contribution in [1.82, 2.24) is 14.6 Å². The number of pyridine rings is 1. The number of benzene rings is 1. The van der Waals surface area contributed by atoms with Crippen LogP contribution in [0, 0.1) is 0 Å². The summed E-state index contributed by atoms with van der Waals surface area (Å²) in [4.78, 5) is 4.32. The first-order valence-electron chi connectivity index (χ1n) is 5.36. The van der Waals surface area contributed by atoms with Crippen molar-refractivity contribution in [3.05, 3.63) is 47.6 Å². The van der Waals surface area contributed by atoms with Gasteiger partial charge in [0.25, 0.3) is 0 Å². The molecule has 0 saturated heterocycles. The zero-order valence-corrected chi connectivity index (χ0v) is 10.1. The molecule has 1 aromatic carbocycles. The average molecular weight is 260 g/mol. The van der Waals surface area contributed by atoms with Crippen molar-refractivity contribution in [2.45, 2.75) is 0 Å². The lowest BCUT2D eigenvalue weighted by Gasteiger charge is -2.04. The van der Waals surface area contributed by atoms with Crippen LogP contribution in [0.1, 0.15) is 0 Å². The third-order valence-electron chi connectivity index (χ3n) is 2.48. The van der Waals surface area contributed by atoms with E-state index in [0.717, 1.165) is 5.65 Å². The molecule has 0 fully saturated rings. The molecule has 90 valence electrons. The van der Waals surface area contributed by atoms with Crippen LogP contribution in [-0.2, 0) is 0 Å². The van der Waals surface area contributed by atoms with Gasteiger partial charge in [-0.15, -0.1) is 5.10 Å². The van der Waals surface area contributed by atoms with Gasteiger partial charge in [0.05, 0.1) is 10.7 Å². The van der Waals surface area contributed by atoms with Gasteiger partial charge in [-0.3, -0.25) is 0 Å². The highest BCUT2D eigenvalue weighted by molar-refractivity contribution is 6.33. The summed E-state index contributed by atoms with van der Waals surface area (Å²) in [5, 5.41) is 7.89. The van der Waals surface area contributed by atoms with E-state index in [1.807, 2.05) is 24.4 Å². The molecule has 0 spiro atoms. The normalized spacial score (nSPS) is 10.7. The van der Waals surface area contributed by atoms with Crippen molar-refractivity contribution in [3.63, 3.8) is 0 Å². The summed E-state index contributed by atoms with van der Waals surface area (Å²) in [6, 6.07) is 10.9. The highest BCUT2D eigenvalue weighted by Gasteiger charge is 2.06. The molecule has 2 heterocycles. The van der Waals surface area contributed by atoms with E-state index in [1.165, 1.54) is 0 Å². The van der Waals surface area contributed by atoms with Gasteiger partial charge in [0.1, 0.15) is 0 Å². The third kappa shape index (κ3) is 1.96. The topological polar surface area (TPSA) is 68.2 Å². The van der Waals surface area contributed by atoms with Gasteiger partial charge >= 0.3 is 0 Å². The lowest BCUT2D eigenvalue weighted by atomic mass is 10.3. The van der Waals surface area contributed by atoms with Crippen LogP contribution in [0.25, 0.3) is 5.65 Å². The smallest absolute Gasteiger partial charge is 0.247 e. The lowest BCUT2D eigenvalue weighted by Crippen LogP contribution is -1.95. The summed E-state index contributed by atoms with van der Waals surface area (Å²) in [6.07, 6.45) is 1.83. The Bertz CT molecular complexity index is 674. The van der Waals surface area contributed by atoms with Gasteiger partial charge in [-0.05, 0) is 30.3 Å². The number of nitrogens with two attached hydrogens (primary N) is 1. The molecule has 3 N–H and O–H groups in total. The van der Waals surface area contributed by atoms with Crippen LogP contribution < -0.4 is 11.1 Å². The fourth-order valence-corrected chi connectivity index (χ4v) is 1.81. The predicted octanol–water partition coefficient (Wildman–Crippen LogP) is 2.71. The first kappa shape index (κ1) is 10.9. The largest absolute Gasteiger partial charge is 0.399 e. The van der Waals surface area contributed by atoms with E-state index in [4.69, 9.17) is 17.3 Å². The summed E-state index contributed by atoms with van der Waals surface area (Å²) in [5.41, 5.74) is 7.79. The third-order valence-corrected chi connectivity index (χ3v) is 2.81. The van der Waals surface area contributed by atoms with E-state index >= 15 is 0 Å². The number of fused-ring (bicyclic) bond motifs is 1. The molecule has 0 aliphatic carbocycles. The summed E-state index contributed by atoms with van der Waals surface area (Å²) >= 11 is 6.06. The fourth-order valence-electron chi connectivity index (χ4n) is 1.64. The zero-order valence-electron chi connectivity index (χ0n) is 9.34. The van der Waals surface area contributed by atoms with Crippen LogP contribution in [0.5, 0.6) is 0 Å². The number of rotatable bonds is 2. The molecule has 3 rings (SSSR count). The molecule has 5 nitrogen and oxygen atoms in total. The van der Waals surface area contributed by atoms with Crippen molar-refractivity contribution in [2.75, 3.05) is 11.1 Å². The number of aromatic nitrogens is 3. The summed E-state index contributed by atoms with van der Waals surface area (Å²) in [7, 11) is 0. The van der Waals surface area contributed by atoms with Crippen LogP contribution in [0.2, 0.25) is 5.02 Å². The molecule has 0 aliphatic rings. The van der Waals surface area contributed by atoms with Gasteiger partial charge in [-0.2, -0.15) is 4.98 Å². The van der Waals surface area contributed by atoms with Gasteiger partial charge in [0, 0.05) is 11.9 Å². The second kappa shape index (κ2) is 4.19. The minimum atomic E-state index is 0.480. The Morgan fingerprint density at radius 3 is 2.94 bits per heavy atom. The van der Waals surface area contributed by atoms with E-state index < -0.39 is 0 Å². The highest BCUT2D eigenvalue weighted by atomic mass is 35.5. The standard InChI is InChI=1S/C12H10ClN5/c13-9-5-4-8(14)7-10(9)15-12-16-11-3-1-2-6-18(11)17-12/h1-7H,14H2,(H,15,17). The Labute approximate surface area is 108 Å². The second-order valence-electron chi connectivity index (χ2n) is 3.80. The van der Waals surface area contributed by atoms with Crippen LogP contribution in [0.15, 0.2) is 42.6 Å². The first-order valence-corrected chi connectivity index (χ1v) is 5.73. The average Bonchev–Trinajstić information content (AvgIpc) is 2.76. The van der Waals surface area contributed by atoms with E-state index in [1.54, 1.807) is 22.7 Å². The maximum absolute atomic E-state index is 6.06. The molecule has 2 aromatic heterocycles. The minimum Gasteiger partial charge on any atom is -0.399 e. The maximum Gasteiger partial charge on any atom is 0.247 e. The number of hydrogen-bond acceptors (Lipinski definition) is 4. The van der Waals surface area contributed by atoms with Crippen molar-refractivity contribution >= 4 is 34.6 Å². The van der Waals surface area contributed by atoms with Crippen molar-refractivity contribution < 1.29 is 0 Å². The number of nitrogens with zero attached hydrogens (tertiary/aromatic N) is 3. The van der Waals surface area contributed by atoms with Crippen molar-refractivity contribution in [2.24, 2.45) is 0 Å². The number of nitrogens with one attached hydrogen (secondary N) is 1. The number of nitrogen functional groups attached to an aromatic ring is 1. The van der Waals surface area contributed by atoms with Gasteiger partial charge in [0.2, 0.25) is 5.95 Å². The Morgan fingerprint density at radius 2 is 2.11 bits per heavy atom. The molecule has 0 radical (unpaired) electrons. The molecule has 0 saturated carbocycles. The second-order valence-corrected chi connectivity index (χ2v) is 4.21. The quantitative estimate of drug-likeness (QED) is 0.695. The molecular weight excluding hydrogens is 250 g/mol. The van der Waals surface area contributed by atoms with E-state index in [2.05, 4.69) is 15.4 Å².